The first-order chi connectivity index (χ1) is 21.2. The first kappa shape index (κ1) is 29.1. The van der Waals surface area contributed by atoms with Crippen LogP contribution in [0.15, 0.2) is 91.3 Å². The number of amides is 3. The Balaban J connectivity index is 1.24. The minimum Gasteiger partial charge on any atom is -0.489 e. The number of carbonyl (C=O) groups excluding carboxylic acids is 3. The molecule has 3 amide bonds. The molecule has 1 aliphatic heterocycles. The summed E-state index contributed by atoms with van der Waals surface area (Å²) < 4.78 is 7.65. The molecule has 1 atom stereocenters. The fourth-order valence-electron chi connectivity index (χ4n) is 5.52. The lowest BCUT2D eigenvalue weighted by Crippen LogP contribution is -2.36. The van der Waals surface area contributed by atoms with Gasteiger partial charge in [-0.25, -0.2) is 4.98 Å². The number of hydrogen-bond donors (Lipinski definition) is 1. The Bertz CT molecular complexity index is 1860. The predicted octanol–water partition coefficient (Wildman–Crippen LogP) is 6.91. The van der Waals surface area contributed by atoms with Crippen molar-refractivity contribution in [1.29, 1.82) is 0 Å². The normalized spacial score (nSPS) is 13.4. The summed E-state index contributed by atoms with van der Waals surface area (Å²) >= 11 is 6.34. The van der Waals surface area contributed by atoms with E-state index >= 15 is 0 Å². The maximum absolute atomic E-state index is 13.5. The quantitative estimate of drug-likeness (QED) is 0.184. The fraction of sp³-hybridized carbons (Fsp3) is 0.200. The van der Waals surface area contributed by atoms with Crippen LogP contribution < -0.4 is 10.1 Å². The summed E-state index contributed by atoms with van der Waals surface area (Å²) in [6, 6.07) is 22.8. The van der Waals surface area contributed by atoms with Gasteiger partial charge in [0.2, 0.25) is 0 Å². The van der Waals surface area contributed by atoms with Crippen molar-refractivity contribution < 1.29 is 19.1 Å². The Hall–Kier alpha value is -4.95. The van der Waals surface area contributed by atoms with Crippen LogP contribution in [0.5, 0.6) is 5.75 Å². The molecule has 1 N–H and O–H groups in total. The van der Waals surface area contributed by atoms with Crippen LogP contribution in [0.4, 0.5) is 0 Å². The molecule has 0 unspecified atom stereocenters. The van der Waals surface area contributed by atoms with E-state index in [1.807, 2.05) is 74.0 Å². The summed E-state index contributed by atoms with van der Waals surface area (Å²) in [5, 5.41) is 3.26. The Morgan fingerprint density at radius 3 is 2.30 bits per heavy atom. The first-order valence-electron chi connectivity index (χ1n) is 14.5. The molecule has 1 aliphatic rings. The topological polar surface area (TPSA) is 93.0 Å². The van der Waals surface area contributed by atoms with Crippen molar-refractivity contribution in [2.45, 2.75) is 39.3 Å². The lowest BCUT2D eigenvalue weighted by Gasteiger charge is -2.27. The van der Waals surface area contributed by atoms with Crippen LogP contribution in [0.3, 0.4) is 0 Å². The summed E-state index contributed by atoms with van der Waals surface area (Å²) in [6.07, 6.45) is 4.19. The van der Waals surface area contributed by atoms with Gasteiger partial charge in [0, 0.05) is 30.1 Å². The molecule has 5 aromatic rings. The number of benzene rings is 3. The lowest BCUT2D eigenvalue weighted by molar-refractivity contribution is 0.0574. The molecule has 0 radical (unpaired) electrons. The van der Waals surface area contributed by atoms with E-state index in [0.717, 1.165) is 28.0 Å². The van der Waals surface area contributed by atoms with Crippen LogP contribution in [-0.4, -0.2) is 44.7 Å². The molecule has 0 fully saturated rings. The SMILES string of the molecule is Cc1cccn2cc(-c3ccc([C@H](CCNC(=O)c4ccc(OC(C)C)c(Cl)c4)N4C(=O)c5ccccc5C4=O)cc3)nc12. The largest absolute Gasteiger partial charge is 0.489 e. The van der Waals surface area contributed by atoms with Crippen molar-refractivity contribution in [2.24, 2.45) is 0 Å². The zero-order valence-corrected chi connectivity index (χ0v) is 25.3. The molecule has 0 saturated heterocycles. The number of aryl methyl sites for hydroxylation is 1. The molecular formula is C35H31ClN4O4. The van der Waals surface area contributed by atoms with E-state index in [2.05, 4.69) is 5.32 Å². The second-order valence-electron chi connectivity index (χ2n) is 11.1. The highest BCUT2D eigenvalue weighted by Crippen LogP contribution is 2.34. The van der Waals surface area contributed by atoms with Gasteiger partial charge in [0.25, 0.3) is 17.7 Å². The van der Waals surface area contributed by atoms with Gasteiger partial charge in [-0.1, -0.05) is 54.1 Å². The summed E-state index contributed by atoms with van der Waals surface area (Å²) in [7, 11) is 0. The highest BCUT2D eigenvalue weighted by atomic mass is 35.5. The third-order valence-corrected chi connectivity index (χ3v) is 7.96. The van der Waals surface area contributed by atoms with E-state index < -0.39 is 6.04 Å². The van der Waals surface area contributed by atoms with Crippen molar-refractivity contribution >= 4 is 35.0 Å². The number of nitrogens with one attached hydrogen (secondary N) is 1. The molecule has 3 heterocycles. The van der Waals surface area contributed by atoms with Crippen molar-refractivity contribution in [3.05, 3.63) is 124 Å². The van der Waals surface area contributed by atoms with Crippen molar-refractivity contribution in [2.75, 3.05) is 6.54 Å². The standard InChI is InChI=1S/C35H31ClN4O4/c1-21(2)44-31-15-14-25(19-28(31)36)33(41)37-17-16-30(40-34(42)26-8-4-5-9-27(26)35(40)43)24-12-10-23(11-13-24)29-20-39-18-6-7-22(3)32(39)38-29/h4-15,18-21,30H,16-17H2,1-3H3,(H,37,41)/t30-/m0/s1. The zero-order chi connectivity index (χ0) is 31.0. The maximum atomic E-state index is 13.5. The number of halogens is 1. The summed E-state index contributed by atoms with van der Waals surface area (Å²) in [6.45, 7) is 6.03. The third-order valence-electron chi connectivity index (χ3n) is 7.67. The van der Waals surface area contributed by atoms with E-state index in [0.29, 0.717) is 33.9 Å². The van der Waals surface area contributed by atoms with Gasteiger partial charge in [0.05, 0.1) is 34.0 Å². The number of hydrogen-bond acceptors (Lipinski definition) is 5. The van der Waals surface area contributed by atoms with Gasteiger partial charge < -0.3 is 14.5 Å². The van der Waals surface area contributed by atoms with Crippen molar-refractivity contribution in [3.8, 4) is 17.0 Å². The van der Waals surface area contributed by atoms with E-state index in [1.54, 1.807) is 42.5 Å². The fourth-order valence-corrected chi connectivity index (χ4v) is 5.75. The van der Waals surface area contributed by atoms with Crippen molar-refractivity contribution in [3.63, 3.8) is 0 Å². The average molecular weight is 607 g/mol. The molecule has 3 aromatic carbocycles. The number of imidazole rings is 1. The number of carbonyl (C=O) groups is 3. The Kier molecular flexibility index (Phi) is 7.93. The molecule has 0 aliphatic carbocycles. The van der Waals surface area contributed by atoms with Crippen LogP contribution in [0.1, 0.15) is 68.5 Å². The van der Waals surface area contributed by atoms with Crippen LogP contribution in [-0.2, 0) is 0 Å². The number of pyridine rings is 1. The molecule has 9 heteroatoms. The second-order valence-corrected chi connectivity index (χ2v) is 11.5. The Morgan fingerprint density at radius 1 is 0.955 bits per heavy atom. The van der Waals surface area contributed by atoms with E-state index in [-0.39, 0.29) is 30.4 Å². The molecular weight excluding hydrogens is 576 g/mol. The summed E-state index contributed by atoms with van der Waals surface area (Å²) in [4.78, 5) is 46.1. The van der Waals surface area contributed by atoms with Gasteiger partial charge in [-0.2, -0.15) is 0 Å². The average Bonchev–Trinajstić information content (AvgIpc) is 3.56. The number of rotatable bonds is 9. The van der Waals surface area contributed by atoms with Gasteiger partial charge >= 0.3 is 0 Å². The molecule has 2 aromatic heterocycles. The molecule has 8 nitrogen and oxygen atoms in total. The minimum atomic E-state index is -0.606. The lowest BCUT2D eigenvalue weighted by atomic mass is 9.99. The maximum Gasteiger partial charge on any atom is 0.262 e. The number of ether oxygens (including phenoxy) is 1. The van der Waals surface area contributed by atoms with Crippen LogP contribution in [0.25, 0.3) is 16.9 Å². The van der Waals surface area contributed by atoms with Gasteiger partial charge in [0.1, 0.15) is 11.4 Å². The Labute approximate surface area is 260 Å². The van der Waals surface area contributed by atoms with Crippen LogP contribution in [0.2, 0.25) is 5.02 Å². The summed E-state index contributed by atoms with van der Waals surface area (Å²) in [5.74, 6) is -0.517. The first-order valence-corrected chi connectivity index (χ1v) is 14.8. The molecule has 222 valence electrons. The van der Waals surface area contributed by atoms with Crippen LogP contribution >= 0.6 is 11.6 Å². The predicted molar refractivity (Wildman–Crippen MR) is 169 cm³/mol. The number of fused-ring (bicyclic) bond motifs is 2. The van der Waals surface area contributed by atoms with Crippen LogP contribution in [0, 0.1) is 6.92 Å². The molecule has 0 spiro atoms. The van der Waals surface area contributed by atoms with Gasteiger partial charge in [-0.15, -0.1) is 0 Å². The second kappa shape index (κ2) is 12.0. The smallest absolute Gasteiger partial charge is 0.262 e. The molecule has 44 heavy (non-hydrogen) atoms. The number of aromatic nitrogens is 2. The molecule has 0 bridgehead atoms. The number of nitrogens with zero attached hydrogens (tertiary/aromatic N) is 3. The molecule has 0 saturated carbocycles. The van der Waals surface area contributed by atoms with E-state index in [4.69, 9.17) is 21.3 Å². The monoisotopic (exact) mass is 606 g/mol. The Morgan fingerprint density at radius 2 is 1.66 bits per heavy atom. The zero-order valence-electron chi connectivity index (χ0n) is 24.6. The summed E-state index contributed by atoms with van der Waals surface area (Å²) in [5.41, 5.74) is 5.60. The third kappa shape index (κ3) is 5.56. The highest BCUT2D eigenvalue weighted by molar-refractivity contribution is 6.32. The van der Waals surface area contributed by atoms with Gasteiger partial charge in [-0.05, 0) is 74.7 Å². The highest BCUT2D eigenvalue weighted by Gasteiger charge is 2.40. The van der Waals surface area contributed by atoms with Gasteiger partial charge in [0.15, 0.2) is 0 Å². The van der Waals surface area contributed by atoms with E-state index in [9.17, 15) is 14.4 Å². The van der Waals surface area contributed by atoms with E-state index in [1.165, 1.54) is 4.90 Å². The van der Waals surface area contributed by atoms with Gasteiger partial charge in [-0.3, -0.25) is 19.3 Å². The number of imide groups is 1. The minimum absolute atomic E-state index is 0.0519. The molecule has 6 rings (SSSR count). The van der Waals surface area contributed by atoms with Crippen molar-refractivity contribution in [1.82, 2.24) is 19.6 Å².